The first-order valence-electron chi connectivity index (χ1n) is 6.81. The molecule has 0 saturated heterocycles. The van der Waals surface area contributed by atoms with Crippen LogP contribution < -0.4 is 15.2 Å². The standard InChI is InChI=1S/C16H27NO2/c1-11(2)9-16(4,10-17)13-8-14(18-5)12(3)7-15(13)19-6/h7-8,11H,9-10,17H2,1-6H3. The van der Waals surface area contributed by atoms with Crippen LogP contribution in [0.2, 0.25) is 0 Å². The van der Waals surface area contributed by atoms with Crippen molar-refractivity contribution in [3.63, 3.8) is 0 Å². The fourth-order valence-corrected chi connectivity index (χ4v) is 2.73. The summed E-state index contributed by atoms with van der Waals surface area (Å²) in [6.45, 7) is 9.23. The molecule has 0 bridgehead atoms. The second-order valence-corrected chi connectivity index (χ2v) is 5.88. The second kappa shape index (κ2) is 6.29. The number of rotatable bonds is 6. The molecule has 0 heterocycles. The number of nitrogens with two attached hydrogens (primary N) is 1. The molecule has 0 radical (unpaired) electrons. The van der Waals surface area contributed by atoms with E-state index in [1.54, 1.807) is 14.2 Å². The third kappa shape index (κ3) is 3.41. The van der Waals surface area contributed by atoms with E-state index >= 15 is 0 Å². The Hall–Kier alpha value is -1.22. The van der Waals surface area contributed by atoms with Crippen molar-refractivity contribution in [1.82, 2.24) is 0 Å². The molecule has 0 amide bonds. The first-order valence-corrected chi connectivity index (χ1v) is 6.81. The van der Waals surface area contributed by atoms with Gasteiger partial charge in [0.2, 0.25) is 0 Å². The zero-order valence-electron chi connectivity index (χ0n) is 13.0. The highest BCUT2D eigenvalue weighted by atomic mass is 16.5. The van der Waals surface area contributed by atoms with E-state index in [-0.39, 0.29) is 5.41 Å². The van der Waals surface area contributed by atoms with Crippen LogP contribution in [0.4, 0.5) is 0 Å². The Balaban J connectivity index is 3.36. The second-order valence-electron chi connectivity index (χ2n) is 5.88. The summed E-state index contributed by atoms with van der Waals surface area (Å²) in [6.07, 6.45) is 1.02. The van der Waals surface area contributed by atoms with E-state index in [9.17, 15) is 0 Å². The SMILES string of the molecule is COc1cc(C(C)(CN)CC(C)C)c(OC)cc1C. The molecular weight excluding hydrogens is 238 g/mol. The predicted octanol–water partition coefficient (Wildman–Crippen LogP) is 3.27. The molecule has 1 unspecified atom stereocenters. The monoisotopic (exact) mass is 265 g/mol. The molecule has 1 aromatic rings. The molecule has 108 valence electrons. The van der Waals surface area contributed by atoms with Gasteiger partial charge in [0.15, 0.2) is 0 Å². The van der Waals surface area contributed by atoms with E-state index < -0.39 is 0 Å². The van der Waals surface area contributed by atoms with Crippen LogP contribution in [0.1, 0.15) is 38.3 Å². The molecule has 19 heavy (non-hydrogen) atoms. The van der Waals surface area contributed by atoms with Crippen molar-refractivity contribution in [1.29, 1.82) is 0 Å². The predicted molar refractivity (Wildman–Crippen MR) is 80.1 cm³/mol. The lowest BCUT2D eigenvalue weighted by atomic mass is 9.75. The van der Waals surface area contributed by atoms with Crippen molar-refractivity contribution in [2.24, 2.45) is 11.7 Å². The number of hydrogen-bond acceptors (Lipinski definition) is 3. The molecule has 0 spiro atoms. The van der Waals surface area contributed by atoms with Gasteiger partial charge in [-0.2, -0.15) is 0 Å². The molecule has 0 fully saturated rings. The van der Waals surface area contributed by atoms with E-state index in [0.29, 0.717) is 12.5 Å². The van der Waals surface area contributed by atoms with Crippen LogP contribution in [0.3, 0.4) is 0 Å². The van der Waals surface area contributed by atoms with Crippen LogP contribution in [0.15, 0.2) is 12.1 Å². The summed E-state index contributed by atoms with van der Waals surface area (Å²) >= 11 is 0. The Morgan fingerprint density at radius 1 is 1.16 bits per heavy atom. The maximum Gasteiger partial charge on any atom is 0.123 e. The van der Waals surface area contributed by atoms with Gasteiger partial charge in [-0.05, 0) is 37.0 Å². The van der Waals surface area contributed by atoms with Crippen molar-refractivity contribution in [3.05, 3.63) is 23.3 Å². The average Bonchev–Trinajstić information content (AvgIpc) is 2.37. The molecule has 2 N–H and O–H groups in total. The van der Waals surface area contributed by atoms with Gasteiger partial charge in [-0.1, -0.05) is 20.8 Å². The Morgan fingerprint density at radius 2 is 1.74 bits per heavy atom. The average molecular weight is 265 g/mol. The number of methoxy groups -OCH3 is 2. The van der Waals surface area contributed by atoms with Crippen molar-refractivity contribution in [3.8, 4) is 11.5 Å². The Labute approximate surface area is 117 Å². The summed E-state index contributed by atoms with van der Waals surface area (Å²) < 4.78 is 11.0. The van der Waals surface area contributed by atoms with Crippen LogP contribution in [-0.2, 0) is 5.41 Å². The highest BCUT2D eigenvalue weighted by Crippen LogP contribution is 2.39. The van der Waals surface area contributed by atoms with Gasteiger partial charge in [0.25, 0.3) is 0 Å². The van der Waals surface area contributed by atoms with Gasteiger partial charge in [-0.15, -0.1) is 0 Å². The zero-order valence-corrected chi connectivity index (χ0v) is 13.0. The summed E-state index contributed by atoms with van der Waals surface area (Å²) in [5, 5.41) is 0. The lowest BCUT2D eigenvalue weighted by Crippen LogP contribution is -2.33. The van der Waals surface area contributed by atoms with Crippen molar-refractivity contribution < 1.29 is 9.47 Å². The fraction of sp³-hybridized carbons (Fsp3) is 0.625. The van der Waals surface area contributed by atoms with Crippen LogP contribution >= 0.6 is 0 Å². The van der Waals surface area contributed by atoms with Gasteiger partial charge in [0.05, 0.1) is 14.2 Å². The van der Waals surface area contributed by atoms with E-state index in [2.05, 4.69) is 26.8 Å². The topological polar surface area (TPSA) is 44.5 Å². The van der Waals surface area contributed by atoms with Gasteiger partial charge >= 0.3 is 0 Å². The molecule has 1 atom stereocenters. The maximum atomic E-state index is 6.04. The lowest BCUT2D eigenvalue weighted by Gasteiger charge is -2.32. The maximum absolute atomic E-state index is 6.04. The number of benzene rings is 1. The Bertz CT molecular complexity index is 429. The largest absolute Gasteiger partial charge is 0.496 e. The molecule has 3 heteroatoms. The van der Waals surface area contributed by atoms with Crippen LogP contribution in [0.5, 0.6) is 11.5 Å². The quantitative estimate of drug-likeness (QED) is 0.858. The lowest BCUT2D eigenvalue weighted by molar-refractivity contribution is 0.343. The molecule has 3 nitrogen and oxygen atoms in total. The van der Waals surface area contributed by atoms with Gasteiger partial charge < -0.3 is 15.2 Å². The minimum Gasteiger partial charge on any atom is -0.496 e. The van der Waals surface area contributed by atoms with Crippen molar-refractivity contribution >= 4 is 0 Å². The van der Waals surface area contributed by atoms with Gasteiger partial charge in [-0.3, -0.25) is 0 Å². The molecule has 0 aromatic heterocycles. The Morgan fingerprint density at radius 3 is 2.16 bits per heavy atom. The molecule has 0 aliphatic heterocycles. The zero-order chi connectivity index (χ0) is 14.6. The number of aryl methyl sites for hydroxylation is 1. The van der Waals surface area contributed by atoms with Crippen LogP contribution in [0, 0.1) is 12.8 Å². The van der Waals surface area contributed by atoms with Gasteiger partial charge in [0, 0.05) is 17.5 Å². The number of hydrogen-bond donors (Lipinski definition) is 1. The first-order chi connectivity index (χ1) is 8.87. The van der Waals surface area contributed by atoms with Gasteiger partial charge in [-0.25, -0.2) is 0 Å². The molecule has 0 aliphatic carbocycles. The summed E-state index contributed by atoms with van der Waals surface area (Å²) in [5.41, 5.74) is 8.16. The highest BCUT2D eigenvalue weighted by Gasteiger charge is 2.30. The first kappa shape index (κ1) is 15.8. The summed E-state index contributed by atoms with van der Waals surface area (Å²) in [4.78, 5) is 0. The third-order valence-corrected chi connectivity index (χ3v) is 3.68. The number of ether oxygens (including phenoxy) is 2. The molecule has 1 rings (SSSR count). The molecule has 0 aliphatic rings. The normalized spacial score (nSPS) is 14.3. The van der Waals surface area contributed by atoms with Crippen LogP contribution in [-0.4, -0.2) is 20.8 Å². The van der Waals surface area contributed by atoms with Crippen molar-refractivity contribution in [2.75, 3.05) is 20.8 Å². The van der Waals surface area contributed by atoms with Gasteiger partial charge in [0.1, 0.15) is 11.5 Å². The van der Waals surface area contributed by atoms with E-state index in [1.807, 2.05) is 13.0 Å². The van der Waals surface area contributed by atoms with E-state index in [1.165, 1.54) is 0 Å². The highest BCUT2D eigenvalue weighted by molar-refractivity contribution is 5.49. The molecular formula is C16H27NO2. The van der Waals surface area contributed by atoms with E-state index in [0.717, 1.165) is 29.0 Å². The summed E-state index contributed by atoms with van der Waals surface area (Å²) in [7, 11) is 3.40. The summed E-state index contributed by atoms with van der Waals surface area (Å²) in [6, 6.07) is 4.10. The fourth-order valence-electron chi connectivity index (χ4n) is 2.73. The Kier molecular flexibility index (Phi) is 5.24. The van der Waals surface area contributed by atoms with E-state index in [4.69, 9.17) is 15.2 Å². The molecule has 0 saturated carbocycles. The van der Waals surface area contributed by atoms with Crippen LogP contribution in [0.25, 0.3) is 0 Å². The third-order valence-electron chi connectivity index (χ3n) is 3.68. The smallest absolute Gasteiger partial charge is 0.123 e. The minimum atomic E-state index is -0.0967. The minimum absolute atomic E-state index is 0.0967. The van der Waals surface area contributed by atoms with Crippen molar-refractivity contribution in [2.45, 2.75) is 39.5 Å². The summed E-state index contributed by atoms with van der Waals surface area (Å²) in [5.74, 6) is 2.36. The molecule has 1 aromatic carbocycles.